The molecule has 2 rings (SSSR count). The number of carbonyl (C=O) groups excluding carboxylic acids is 1. The van der Waals surface area contributed by atoms with E-state index in [1.165, 1.54) is 4.90 Å². The summed E-state index contributed by atoms with van der Waals surface area (Å²) in [5.74, 6) is -1.21. The summed E-state index contributed by atoms with van der Waals surface area (Å²) in [6.07, 6.45) is 2.91. The van der Waals surface area contributed by atoms with Gasteiger partial charge in [0.25, 0.3) is 5.91 Å². The average molecular weight is 319 g/mol. The Hall–Kier alpha value is -1.88. The van der Waals surface area contributed by atoms with Crippen molar-refractivity contribution in [2.75, 3.05) is 13.7 Å². The lowest BCUT2D eigenvalue weighted by molar-refractivity contribution is -0.165. The lowest BCUT2D eigenvalue weighted by Gasteiger charge is -2.42. The van der Waals surface area contributed by atoms with Gasteiger partial charge in [-0.05, 0) is 25.3 Å². The first kappa shape index (κ1) is 17.5. The molecule has 5 heteroatoms. The van der Waals surface area contributed by atoms with E-state index < -0.39 is 17.6 Å². The quantitative estimate of drug-likeness (QED) is 0.875. The van der Waals surface area contributed by atoms with Crippen molar-refractivity contribution < 1.29 is 19.4 Å². The van der Waals surface area contributed by atoms with Crippen molar-refractivity contribution in [2.45, 2.75) is 50.7 Å². The minimum atomic E-state index is -1.11. The molecule has 1 saturated carbocycles. The van der Waals surface area contributed by atoms with Crippen LogP contribution in [0.25, 0.3) is 0 Å². The monoisotopic (exact) mass is 319 g/mol. The minimum absolute atomic E-state index is 0.289. The molecule has 1 aromatic carbocycles. The number of carboxylic acid groups (broad SMARTS) is 1. The van der Waals surface area contributed by atoms with E-state index in [1.54, 1.807) is 7.05 Å². The highest BCUT2D eigenvalue weighted by Crippen LogP contribution is 2.35. The first-order valence-corrected chi connectivity index (χ1v) is 8.20. The minimum Gasteiger partial charge on any atom is -0.479 e. The summed E-state index contributed by atoms with van der Waals surface area (Å²) in [5, 5.41) is 9.76. The summed E-state index contributed by atoms with van der Waals surface area (Å²) in [7, 11) is 1.59. The number of ether oxygens (including phenoxy) is 1. The maximum atomic E-state index is 13.0. The standard InChI is InChI=1S/C18H25NO4/c1-3-23-15(14-10-6-4-7-11-14)16(20)19(2)18(17(21)22)12-8-5-9-13-18/h4,6-7,10-11,15H,3,5,8-9,12-13H2,1-2H3,(H,21,22). The van der Waals surface area contributed by atoms with Crippen LogP contribution in [0.15, 0.2) is 30.3 Å². The van der Waals surface area contributed by atoms with E-state index in [0.717, 1.165) is 24.8 Å². The van der Waals surface area contributed by atoms with Crippen LogP contribution in [-0.2, 0) is 14.3 Å². The van der Waals surface area contributed by atoms with Crippen molar-refractivity contribution in [3.8, 4) is 0 Å². The van der Waals surface area contributed by atoms with Gasteiger partial charge in [0.05, 0.1) is 0 Å². The maximum Gasteiger partial charge on any atom is 0.329 e. The summed E-state index contributed by atoms with van der Waals surface area (Å²) < 4.78 is 5.64. The van der Waals surface area contributed by atoms with Crippen LogP contribution in [0.4, 0.5) is 0 Å². The molecular formula is C18H25NO4. The van der Waals surface area contributed by atoms with Gasteiger partial charge in [-0.3, -0.25) is 4.79 Å². The number of benzene rings is 1. The molecule has 0 heterocycles. The smallest absolute Gasteiger partial charge is 0.329 e. The molecule has 0 radical (unpaired) electrons. The number of rotatable bonds is 6. The second-order valence-electron chi connectivity index (χ2n) is 6.04. The fourth-order valence-corrected chi connectivity index (χ4v) is 3.32. The Balaban J connectivity index is 2.29. The molecular weight excluding hydrogens is 294 g/mol. The third-order valence-corrected chi connectivity index (χ3v) is 4.71. The molecule has 0 bridgehead atoms. The summed E-state index contributed by atoms with van der Waals surface area (Å²) in [4.78, 5) is 26.3. The Bertz CT molecular complexity index is 537. The Morgan fingerprint density at radius 3 is 2.35 bits per heavy atom. The number of amides is 1. The van der Waals surface area contributed by atoms with E-state index in [4.69, 9.17) is 4.74 Å². The Morgan fingerprint density at radius 2 is 1.83 bits per heavy atom. The van der Waals surface area contributed by atoms with Crippen LogP contribution in [-0.4, -0.2) is 41.1 Å². The van der Waals surface area contributed by atoms with Gasteiger partial charge < -0.3 is 14.7 Å². The van der Waals surface area contributed by atoms with Gasteiger partial charge in [0, 0.05) is 13.7 Å². The lowest BCUT2D eigenvalue weighted by Crippen LogP contribution is -2.57. The van der Waals surface area contributed by atoms with E-state index in [9.17, 15) is 14.7 Å². The van der Waals surface area contributed by atoms with E-state index in [-0.39, 0.29) is 5.91 Å². The third-order valence-electron chi connectivity index (χ3n) is 4.71. The van der Waals surface area contributed by atoms with E-state index in [0.29, 0.717) is 19.4 Å². The highest BCUT2D eigenvalue weighted by atomic mass is 16.5. The molecule has 1 fully saturated rings. The number of aliphatic carboxylic acids is 1. The number of hydrogen-bond donors (Lipinski definition) is 1. The van der Waals surface area contributed by atoms with Crippen LogP contribution in [0.1, 0.15) is 50.7 Å². The molecule has 126 valence electrons. The van der Waals surface area contributed by atoms with Crippen LogP contribution in [0.2, 0.25) is 0 Å². The average Bonchev–Trinajstić information content (AvgIpc) is 2.59. The molecule has 0 saturated heterocycles. The number of hydrogen-bond acceptors (Lipinski definition) is 3. The van der Waals surface area contributed by atoms with Crippen LogP contribution in [0.5, 0.6) is 0 Å². The van der Waals surface area contributed by atoms with E-state index in [2.05, 4.69) is 0 Å². The molecule has 1 unspecified atom stereocenters. The van der Waals surface area contributed by atoms with E-state index >= 15 is 0 Å². The first-order chi connectivity index (χ1) is 11.0. The van der Waals surface area contributed by atoms with Crippen LogP contribution in [0, 0.1) is 0 Å². The maximum absolute atomic E-state index is 13.0. The number of carbonyl (C=O) groups is 2. The zero-order valence-corrected chi connectivity index (χ0v) is 13.8. The van der Waals surface area contributed by atoms with Crippen LogP contribution < -0.4 is 0 Å². The predicted molar refractivity (Wildman–Crippen MR) is 87.0 cm³/mol. The molecule has 23 heavy (non-hydrogen) atoms. The Kier molecular flexibility index (Phi) is 5.77. The van der Waals surface area contributed by atoms with Crippen LogP contribution >= 0.6 is 0 Å². The van der Waals surface area contributed by atoms with Crippen molar-refractivity contribution >= 4 is 11.9 Å². The van der Waals surface area contributed by atoms with Crippen LogP contribution in [0.3, 0.4) is 0 Å². The number of likely N-dealkylation sites (N-methyl/N-ethyl adjacent to an activating group) is 1. The molecule has 1 N–H and O–H groups in total. The third kappa shape index (κ3) is 3.55. The summed E-state index contributed by atoms with van der Waals surface area (Å²) in [6, 6.07) is 9.24. The molecule has 0 aromatic heterocycles. The SMILES string of the molecule is CCOC(C(=O)N(C)C1(C(=O)O)CCCCC1)c1ccccc1. The molecule has 5 nitrogen and oxygen atoms in total. The molecule has 1 amide bonds. The van der Waals surface area contributed by atoms with Gasteiger partial charge in [0.15, 0.2) is 6.10 Å². The Morgan fingerprint density at radius 1 is 1.22 bits per heavy atom. The van der Waals surface area contributed by atoms with Gasteiger partial charge in [-0.2, -0.15) is 0 Å². The summed E-state index contributed by atoms with van der Waals surface area (Å²) in [5.41, 5.74) is -0.359. The van der Waals surface area contributed by atoms with Gasteiger partial charge in [-0.15, -0.1) is 0 Å². The topological polar surface area (TPSA) is 66.8 Å². The van der Waals surface area contributed by atoms with Crippen molar-refractivity contribution in [3.05, 3.63) is 35.9 Å². The molecule has 1 atom stereocenters. The van der Waals surface area contributed by atoms with Gasteiger partial charge in [-0.1, -0.05) is 49.6 Å². The summed E-state index contributed by atoms with van der Waals surface area (Å²) in [6.45, 7) is 2.22. The fourth-order valence-electron chi connectivity index (χ4n) is 3.32. The second-order valence-corrected chi connectivity index (χ2v) is 6.04. The second kappa shape index (κ2) is 7.59. The van der Waals surface area contributed by atoms with Gasteiger partial charge in [-0.25, -0.2) is 4.79 Å². The van der Waals surface area contributed by atoms with Crippen molar-refractivity contribution in [1.82, 2.24) is 4.90 Å². The molecule has 1 aliphatic rings. The first-order valence-electron chi connectivity index (χ1n) is 8.20. The normalized spacial score (nSPS) is 18.2. The predicted octanol–water partition coefficient (Wildman–Crippen LogP) is 3.01. The van der Waals surface area contributed by atoms with Gasteiger partial charge in [0.2, 0.25) is 0 Å². The zero-order valence-electron chi connectivity index (χ0n) is 13.8. The Labute approximate surface area is 137 Å². The molecule has 0 spiro atoms. The van der Waals surface area contributed by atoms with Crippen molar-refractivity contribution in [2.24, 2.45) is 0 Å². The highest BCUT2D eigenvalue weighted by molar-refractivity contribution is 5.89. The van der Waals surface area contributed by atoms with E-state index in [1.807, 2.05) is 37.3 Å². The van der Waals surface area contributed by atoms with Crippen molar-refractivity contribution in [3.63, 3.8) is 0 Å². The number of nitrogens with zero attached hydrogens (tertiary/aromatic N) is 1. The largest absolute Gasteiger partial charge is 0.479 e. The van der Waals surface area contributed by atoms with Gasteiger partial charge >= 0.3 is 5.97 Å². The lowest BCUT2D eigenvalue weighted by atomic mass is 9.80. The zero-order chi connectivity index (χ0) is 16.9. The van der Waals surface area contributed by atoms with Gasteiger partial charge in [0.1, 0.15) is 5.54 Å². The number of carboxylic acids is 1. The molecule has 1 aromatic rings. The summed E-state index contributed by atoms with van der Waals surface area (Å²) >= 11 is 0. The molecule has 0 aliphatic heterocycles. The van der Waals surface area contributed by atoms with Crippen molar-refractivity contribution in [1.29, 1.82) is 0 Å². The fraction of sp³-hybridized carbons (Fsp3) is 0.556. The highest BCUT2D eigenvalue weighted by Gasteiger charge is 2.47. The molecule has 1 aliphatic carbocycles.